The lowest BCUT2D eigenvalue weighted by Gasteiger charge is -2.07. The van der Waals surface area contributed by atoms with E-state index in [1.54, 1.807) is 25.3 Å². The van der Waals surface area contributed by atoms with Crippen LogP contribution in [0.4, 0.5) is 5.82 Å². The maximum atomic E-state index is 12.3. The normalized spacial score (nSPS) is 10.9. The van der Waals surface area contributed by atoms with E-state index in [0.717, 1.165) is 16.5 Å². The molecular weight excluding hydrogens is 318 g/mol. The lowest BCUT2D eigenvalue weighted by atomic mass is 10.1. The van der Waals surface area contributed by atoms with Crippen LogP contribution in [0.3, 0.4) is 0 Å². The van der Waals surface area contributed by atoms with E-state index in [0.29, 0.717) is 17.6 Å². The van der Waals surface area contributed by atoms with Gasteiger partial charge in [-0.2, -0.15) is 0 Å². The van der Waals surface area contributed by atoms with Crippen LogP contribution in [-0.4, -0.2) is 25.7 Å². The lowest BCUT2D eigenvalue weighted by molar-refractivity contribution is -0.116. The lowest BCUT2D eigenvalue weighted by Crippen LogP contribution is -2.18. The maximum absolute atomic E-state index is 12.3. The summed E-state index contributed by atoms with van der Waals surface area (Å²) in [5, 5.41) is 11.7. The third-order valence-electron chi connectivity index (χ3n) is 3.79. The number of anilines is 1. The van der Waals surface area contributed by atoms with Crippen LogP contribution in [0, 0.1) is 6.92 Å². The van der Waals surface area contributed by atoms with Crippen LogP contribution in [0.2, 0.25) is 0 Å². The molecule has 0 aliphatic carbocycles. The number of nitrogens with one attached hydrogen (secondary N) is 1. The average molecular weight is 333 g/mol. The highest BCUT2D eigenvalue weighted by Gasteiger charge is 2.11. The summed E-state index contributed by atoms with van der Waals surface area (Å²) in [6, 6.07) is 13.2. The van der Waals surface area contributed by atoms with Gasteiger partial charge < -0.3 is 14.3 Å². The summed E-state index contributed by atoms with van der Waals surface area (Å²) in [5.74, 6) is 1.37. The van der Waals surface area contributed by atoms with Crippen molar-refractivity contribution in [1.29, 1.82) is 0 Å². The molecular formula is C18H15N5O2. The molecule has 1 aromatic carbocycles. The number of fused-ring (bicyclic) bond motifs is 1. The summed E-state index contributed by atoms with van der Waals surface area (Å²) in [7, 11) is 0. The number of aryl methyl sites for hydroxylation is 1. The molecule has 0 unspecified atom stereocenters. The van der Waals surface area contributed by atoms with E-state index < -0.39 is 0 Å². The van der Waals surface area contributed by atoms with Gasteiger partial charge in [-0.1, -0.05) is 12.1 Å². The summed E-state index contributed by atoms with van der Waals surface area (Å²) in [4.78, 5) is 16.4. The van der Waals surface area contributed by atoms with E-state index in [2.05, 4.69) is 20.5 Å². The highest BCUT2D eigenvalue weighted by atomic mass is 16.4. The van der Waals surface area contributed by atoms with Crippen molar-refractivity contribution in [1.82, 2.24) is 19.7 Å². The predicted octanol–water partition coefficient (Wildman–Crippen LogP) is 3.03. The molecule has 0 atom stereocenters. The van der Waals surface area contributed by atoms with Crippen molar-refractivity contribution in [2.75, 3.05) is 5.32 Å². The molecule has 7 nitrogen and oxygen atoms in total. The van der Waals surface area contributed by atoms with Gasteiger partial charge in [0.2, 0.25) is 17.7 Å². The van der Waals surface area contributed by atoms with Gasteiger partial charge in [0, 0.05) is 30.4 Å². The fourth-order valence-electron chi connectivity index (χ4n) is 2.64. The molecule has 0 aliphatic rings. The Morgan fingerprint density at radius 1 is 1.20 bits per heavy atom. The molecule has 1 amide bonds. The zero-order valence-electron chi connectivity index (χ0n) is 13.5. The topological polar surface area (TPSA) is 85.8 Å². The zero-order valence-corrected chi connectivity index (χ0v) is 13.5. The molecule has 0 radical (unpaired) electrons. The quantitative estimate of drug-likeness (QED) is 0.620. The van der Waals surface area contributed by atoms with Crippen molar-refractivity contribution in [3.8, 4) is 11.5 Å². The van der Waals surface area contributed by atoms with Crippen molar-refractivity contribution in [2.45, 2.75) is 13.5 Å². The van der Waals surface area contributed by atoms with Crippen molar-refractivity contribution in [2.24, 2.45) is 0 Å². The minimum Gasteiger partial charge on any atom is -0.421 e. The number of carbonyl (C=O) groups is 1. The number of aromatic nitrogens is 4. The first-order valence-electron chi connectivity index (χ1n) is 7.79. The Kier molecular flexibility index (Phi) is 3.74. The van der Waals surface area contributed by atoms with Crippen LogP contribution in [0.5, 0.6) is 0 Å². The van der Waals surface area contributed by atoms with Gasteiger partial charge in [-0.15, -0.1) is 10.2 Å². The van der Waals surface area contributed by atoms with Gasteiger partial charge in [-0.05, 0) is 35.7 Å². The molecule has 0 spiro atoms. The number of nitrogens with zero attached hydrogens (tertiary/aromatic N) is 4. The molecule has 0 fully saturated rings. The summed E-state index contributed by atoms with van der Waals surface area (Å²) in [6.07, 6.45) is 3.52. The third-order valence-corrected chi connectivity index (χ3v) is 3.79. The number of hydrogen-bond donors (Lipinski definition) is 1. The van der Waals surface area contributed by atoms with E-state index >= 15 is 0 Å². The summed E-state index contributed by atoms with van der Waals surface area (Å²) < 4.78 is 7.35. The predicted molar refractivity (Wildman–Crippen MR) is 92.8 cm³/mol. The fourth-order valence-corrected chi connectivity index (χ4v) is 2.64. The van der Waals surface area contributed by atoms with E-state index in [-0.39, 0.29) is 12.5 Å². The van der Waals surface area contributed by atoms with Gasteiger partial charge in [0.25, 0.3) is 0 Å². The van der Waals surface area contributed by atoms with Crippen molar-refractivity contribution >= 4 is 22.6 Å². The van der Waals surface area contributed by atoms with Gasteiger partial charge in [-0.25, -0.2) is 4.98 Å². The molecule has 124 valence electrons. The van der Waals surface area contributed by atoms with Crippen molar-refractivity contribution < 1.29 is 9.21 Å². The Labute approximate surface area is 143 Å². The summed E-state index contributed by atoms with van der Waals surface area (Å²) >= 11 is 0. The zero-order chi connectivity index (χ0) is 17.2. The molecule has 0 aliphatic heterocycles. The first kappa shape index (κ1) is 15.1. The standard InChI is InChI=1S/C18H15N5O2/c1-12-21-22-18(25-12)14-6-5-13-7-9-23(15(13)10-14)11-17(24)20-16-4-2-3-8-19-16/h2-10H,11H2,1H3,(H,19,20,24). The average Bonchev–Trinajstić information content (AvgIpc) is 3.22. The van der Waals surface area contributed by atoms with E-state index in [1.807, 2.05) is 41.1 Å². The number of hydrogen-bond acceptors (Lipinski definition) is 5. The van der Waals surface area contributed by atoms with E-state index in [9.17, 15) is 4.79 Å². The number of rotatable bonds is 4. The Balaban J connectivity index is 1.60. The Bertz CT molecular complexity index is 1040. The van der Waals surface area contributed by atoms with Crippen LogP contribution in [0.1, 0.15) is 5.89 Å². The number of benzene rings is 1. The second-order valence-corrected chi connectivity index (χ2v) is 5.61. The second-order valence-electron chi connectivity index (χ2n) is 5.61. The van der Waals surface area contributed by atoms with Crippen LogP contribution < -0.4 is 5.32 Å². The van der Waals surface area contributed by atoms with Crippen LogP contribution in [-0.2, 0) is 11.3 Å². The molecule has 4 aromatic rings. The van der Waals surface area contributed by atoms with Gasteiger partial charge >= 0.3 is 0 Å². The summed E-state index contributed by atoms with van der Waals surface area (Å²) in [6.45, 7) is 1.94. The van der Waals surface area contributed by atoms with Crippen molar-refractivity contribution in [3.05, 3.63) is 60.7 Å². The number of carbonyl (C=O) groups excluding carboxylic acids is 1. The summed E-state index contributed by atoms with van der Waals surface area (Å²) in [5.41, 5.74) is 1.74. The van der Waals surface area contributed by atoms with Crippen LogP contribution >= 0.6 is 0 Å². The number of pyridine rings is 1. The first-order valence-corrected chi connectivity index (χ1v) is 7.79. The molecule has 3 heterocycles. The van der Waals surface area contributed by atoms with Gasteiger partial charge in [-0.3, -0.25) is 4.79 Å². The highest BCUT2D eigenvalue weighted by molar-refractivity contribution is 5.91. The minimum absolute atomic E-state index is 0.143. The van der Waals surface area contributed by atoms with Gasteiger partial charge in [0.05, 0.1) is 0 Å². The minimum atomic E-state index is -0.143. The Hall–Kier alpha value is -3.48. The fraction of sp³-hybridized carbons (Fsp3) is 0.111. The van der Waals surface area contributed by atoms with Gasteiger partial charge in [0.1, 0.15) is 12.4 Å². The Morgan fingerprint density at radius 2 is 2.12 bits per heavy atom. The first-order chi connectivity index (χ1) is 12.2. The van der Waals surface area contributed by atoms with E-state index in [1.165, 1.54) is 0 Å². The monoisotopic (exact) mass is 333 g/mol. The molecule has 0 saturated carbocycles. The van der Waals surface area contributed by atoms with E-state index in [4.69, 9.17) is 4.42 Å². The SMILES string of the molecule is Cc1nnc(-c2ccc3ccn(CC(=O)Nc4ccccn4)c3c2)o1. The van der Waals surface area contributed by atoms with Crippen molar-refractivity contribution in [3.63, 3.8) is 0 Å². The Morgan fingerprint density at radius 3 is 2.88 bits per heavy atom. The number of amides is 1. The molecule has 0 bridgehead atoms. The third kappa shape index (κ3) is 3.12. The molecule has 25 heavy (non-hydrogen) atoms. The smallest absolute Gasteiger partial charge is 0.247 e. The van der Waals surface area contributed by atoms with Crippen LogP contribution in [0.15, 0.2) is 59.3 Å². The van der Waals surface area contributed by atoms with Gasteiger partial charge in [0.15, 0.2) is 0 Å². The second kappa shape index (κ2) is 6.20. The highest BCUT2D eigenvalue weighted by Crippen LogP contribution is 2.24. The molecule has 4 rings (SSSR count). The maximum Gasteiger partial charge on any atom is 0.247 e. The molecule has 0 saturated heterocycles. The molecule has 1 N–H and O–H groups in total. The largest absolute Gasteiger partial charge is 0.421 e. The molecule has 7 heteroatoms. The molecule has 3 aromatic heterocycles. The van der Waals surface area contributed by atoms with Crippen LogP contribution in [0.25, 0.3) is 22.4 Å².